The fourth-order valence-electron chi connectivity index (χ4n) is 13.0. The first-order valence-corrected chi connectivity index (χ1v) is 19.4. The number of aliphatic hydroxyl groups excluding tert-OH is 8. The van der Waals surface area contributed by atoms with E-state index in [1.807, 2.05) is 42.5 Å². The molecule has 12 heteroatoms. The number of aliphatic imine (C=N–C) groups is 1. The molecule has 0 spiro atoms. The lowest BCUT2D eigenvalue weighted by atomic mass is 9.68. The predicted molar refractivity (Wildman–Crippen MR) is 194 cm³/mol. The van der Waals surface area contributed by atoms with E-state index in [0.717, 1.165) is 77.3 Å². The maximum Gasteiger partial charge on any atom is 0.0930 e. The molecule has 2 saturated carbocycles. The Labute approximate surface area is 306 Å². The van der Waals surface area contributed by atoms with E-state index in [0.29, 0.717) is 18.6 Å². The molecule has 12 nitrogen and oxygen atoms in total. The second kappa shape index (κ2) is 10.00. The van der Waals surface area contributed by atoms with Crippen LogP contribution < -0.4 is 21.4 Å². The Morgan fingerprint density at radius 2 is 0.889 bits per heavy atom. The lowest BCUT2D eigenvalue weighted by molar-refractivity contribution is -0.0105. The van der Waals surface area contributed by atoms with E-state index in [2.05, 4.69) is 21.0 Å². The van der Waals surface area contributed by atoms with E-state index in [1.54, 1.807) is 0 Å². The molecule has 2 fully saturated rings. The summed E-state index contributed by atoms with van der Waals surface area (Å²) in [5.41, 5.74) is 9.65. The smallest absolute Gasteiger partial charge is 0.0930 e. The molecular formula is C42H40N4O8. The Morgan fingerprint density at radius 1 is 0.444 bits per heavy atom. The molecule has 0 saturated heterocycles. The summed E-state index contributed by atoms with van der Waals surface area (Å²) < 4.78 is 0. The van der Waals surface area contributed by atoms with Gasteiger partial charge in [0.15, 0.2) is 0 Å². The average molecular weight is 729 g/mol. The van der Waals surface area contributed by atoms with Crippen molar-refractivity contribution in [1.29, 1.82) is 0 Å². The van der Waals surface area contributed by atoms with E-state index < -0.39 is 78.5 Å². The minimum atomic E-state index is -0.998. The summed E-state index contributed by atoms with van der Waals surface area (Å²) >= 11 is 0. The van der Waals surface area contributed by atoms with Gasteiger partial charge in [0.2, 0.25) is 0 Å². The van der Waals surface area contributed by atoms with Crippen LogP contribution in [0.15, 0.2) is 40.4 Å². The van der Waals surface area contributed by atoms with E-state index in [4.69, 9.17) is 4.99 Å². The molecule has 12 aliphatic rings. The van der Waals surface area contributed by atoms with E-state index in [-0.39, 0.29) is 23.7 Å². The van der Waals surface area contributed by atoms with Gasteiger partial charge in [-0.15, -0.1) is 0 Å². The van der Waals surface area contributed by atoms with Crippen LogP contribution in [-0.2, 0) is 0 Å². The number of aromatic nitrogens is 3. The van der Waals surface area contributed by atoms with E-state index >= 15 is 0 Å². The van der Waals surface area contributed by atoms with Crippen molar-refractivity contribution in [3.63, 3.8) is 0 Å². The van der Waals surface area contributed by atoms with Gasteiger partial charge in [-0.3, -0.25) is 4.99 Å². The maximum atomic E-state index is 11.3. The van der Waals surface area contributed by atoms with Crippen LogP contribution in [0.25, 0.3) is 24.3 Å². The van der Waals surface area contributed by atoms with Gasteiger partial charge in [0.05, 0.1) is 60.6 Å². The highest BCUT2D eigenvalue weighted by molar-refractivity contribution is 6.23. The van der Waals surface area contributed by atoms with Crippen LogP contribution in [0, 0.1) is 11.8 Å². The number of hydrogen-bond donors (Lipinski definition) is 11. The number of H-pyrrole nitrogens is 3. The number of fused-ring (bicyclic) bond motifs is 22. The van der Waals surface area contributed by atoms with Crippen molar-refractivity contribution in [2.75, 3.05) is 0 Å². The van der Waals surface area contributed by atoms with Crippen molar-refractivity contribution >= 4 is 30.0 Å². The molecule has 16 bridgehead atoms. The van der Waals surface area contributed by atoms with Crippen LogP contribution in [0.3, 0.4) is 0 Å². The van der Waals surface area contributed by atoms with Crippen molar-refractivity contribution in [1.82, 2.24) is 15.0 Å². The number of hydrogen-bond acceptors (Lipinski definition) is 9. The molecule has 3 aromatic heterocycles. The standard InChI is InChI=1S/C42H40N4O8/c47-35-11-1-3-13(37(35)49)29-21-8-23-31-15-5-17(41(53)39(15)51)33(31)25(45-23)10-26-34-18-6-16(40(52)42(18)54)32(34)24(46-26)9-22-30-14-4-2-12(36(48)38(14)50)28(30)20(44-22)7-19(43-21)27(11)29/h1-4,7-18,25,35-44,46-54H,5-6H2/b19-7-,21-8-,24-9-,26-10-. The molecule has 276 valence electrons. The van der Waals surface area contributed by atoms with E-state index in [9.17, 15) is 40.9 Å². The number of aliphatic hydroxyl groups is 8. The van der Waals surface area contributed by atoms with Gasteiger partial charge in [0.25, 0.3) is 0 Å². The second-order valence-electron chi connectivity index (χ2n) is 17.5. The second-order valence-corrected chi connectivity index (χ2v) is 17.5. The molecule has 0 radical (unpaired) electrons. The summed E-state index contributed by atoms with van der Waals surface area (Å²) in [6.45, 7) is 0. The van der Waals surface area contributed by atoms with Gasteiger partial charge in [-0.25, -0.2) is 0 Å². The number of nitrogens with one attached hydrogen (secondary N) is 3. The van der Waals surface area contributed by atoms with Gasteiger partial charge in [-0.1, -0.05) is 24.3 Å². The van der Waals surface area contributed by atoms with Crippen LogP contribution in [0.5, 0.6) is 0 Å². The summed E-state index contributed by atoms with van der Waals surface area (Å²) in [7, 11) is 0. The highest BCUT2D eigenvalue weighted by Gasteiger charge is 2.56. The van der Waals surface area contributed by atoms with Crippen LogP contribution in [0.2, 0.25) is 0 Å². The summed E-state index contributed by atoms with van der Waals surface area (Å²) in [4.78, 5) is 16.3. The number of aromatic amines is 3. The first-order valence-electron chi connectivity index (χ1n) is 19.4. The van der Waals surface area contributed by atoms with Crippen molar-refractivity contribution in [2.45, 2.75) is 103 Å². The highest BCUT2D eigenvalue weighted by Crippen LogP contribution is 2.55. The highest BCUT2D eigenvalue weighted by atomic mass is 16.3. The monoisotopic (exact) mass is 728 g/mol. The molecule has 5 heterocycles. The van der Waals surface area contributed by atoms with E-state index in [1.165, 1.54) is 0 Å². The maximum absolute atomic E-state index is 11.3. The van der Waals surface area contributed by atoms with Gasteiger partial charge in [-0.05, 0) is 81.7 Å². The van der Waals surface area contributed by atoms with Crippen LogP contribution in [0.1, 0.15) is 93.1 Å². The van der Waals surface area contributed by atoms with Crippen LogP contribution in [-0.4, -0.2) is 116 Å². The zero-order valence-electron chi connectivity index (χ0n) is 28.9. The molecule has 10 aliphatic carbocycles. The summed E-state index contributed by atoms with van der Waals surface area (Å²) in [6, 6.07) is -0.448. The molecule has 0 amide bonds. The minimum Gasteiger partial charge on any atom is -0.390 e. The molecule has 54 heavy (non-hydrogen) atoms. The van der Waals surface area contributed by atoms with Gasteiger partial charge >= 0.3 is 0 Å². The fraction of sp³-hybridized carbons (Fsp3) is 0.452. The lowest BCUT2D eigenvalue weighted by Crippen LogP contribution is -2.45. The van der Waals surface area contributed by atoms with Gasteiger partial charge in [0, 0.05) is 80.1 Å². The van der Waals surface area contributed by atoms with Crippen molar-refractivity contribution < 1.29 is 40.9 Å². The average Bonchev–Trinajstić information content (AvgIpc) is 4.03. The topological polar surface area (TPSA) is 222 Å². The first-order chi connectivity index (χ1) is 26.1. The third-order valence-corrected chi connectivity index (χ3v) is 15.2. The Balaban J connectivity index is 1.15. The van der Waals surface area contributed by atoms with Crippen LogP contribution >= 0.6 is 0 Å². The minimum absolute atomic E-state index is 0.262. The summed E-state index contributed by atoms with van der Waals surface area (Å²) in [5.74, 6) is -2.94. The number of nitrogens with zero attached hydrogens (tertiary/aromatic N) is 1. The van der Waals surface area contributed by atoms with Gasteiger partial charge in [-0.2, -0.15) is 0 Å². The zero-order chi connectivity index (χ0) is 36.4. The molecule has 2 aliphatic heterocycles. The fourth-order valence-corrected chi connectivity index (χ4v) is 13.0. The lowest BCUT2D eigenvalue weighted by Gasteiger charge is -2.40. The van der Waals surface area contributed by atoms with Crippen LogP contribution in [0.4, 0.5) is 0 Å². The third-order valence-electron chi connectivity index (χ3n) is 15.2. The molecule has 0 aromatic carbocycles. The SMILES string of the molecule is OC1C2CC(C3=C2C2=NC3/C=c3\[nH]/c(c4c3C3CC4C(O)C3O)=C\c3[nH]c(c4c3C3C=CC4C(O)C3O)/C=c3\[nH]/c(c4c3C3C=CC4C(O)C3O)=C\2)C1O. The zero-order valence-corrected chi connectivity index (χ0v) is 28.9. The first kappa shape index (κ1) is 31.1. The molecular weight excluding hydrogens is 688 g/mol. The molecule has 3 aromatic rings. The third kappa shape index (κ3) is 3.48. The Hall–Kier alpha value is -4.11. The molecule has 15 rings (SSSR count). The summed E-state index contributed by atoms with van der Waals surface area (Å²) in [6.07, 6.45) is 9.62. The van der Waals surface area contributed by atoms with Gasteiger partial charge in [0.1, 0.15) is 0 Å². The molecule has 17 atom stereocenters. The largest absolute Gasteiger partial charge is 0.390 e. The Morgan fingerprint density at radius 3 is 1.48 bits per heavy atom. The molecule has 17 unspecified atom stereocenters. The van der Waals surface area contributed by atoms with Crippen molar-refractivity contribution in [2.24, 2.45) is 16.8 Å². The quantitative estimate of drug-likeness (QED) is 0.112. The predicted octanol–water partition coefficient (Wildman–Crippen LogP) is -2.35. The Kier molecular flexibility index (Phi) is 5.77. The molecule has 11 N–H and O–H groups in total. The van der Waals surface area contributed by atoms with Gasteiger partial charge < -0.3 is 55.8 Å². The Bertz CT molecular complexity index is 2660. The normalized spacial score (nSPS) is 47.0. The van der Waals surface area contributed by atoms with Crippen molar-refractivity contribution in [3.05, 3.63) is 102 Å². The summed E-state index contributed by atoms with van der Waals surface area (Å²) in [5, 5.41) is 93.0. The number of rotatable bonds is 0. The van der Waals surface area contributed by atoms with Crippen molar-refractivity contribution in [3.8, 4) is 0 Å².